The van der Waals surface area contributed by atoms with Gasteiger partial charge in [-0.1, -0.05) is 35.3 Å². The fraction of sp³-hybridized carbons (Fsp3) is 0.0455. The van der Waals surface area contributed by atoms with Crippen molar-refractivity contribution in [3.63, 3.8) is 0 Å². The number of carbonyl (C=O) groups excluding carboxylic acids is 1. The van der Waals surface area contributed by atoms with Gasteiger partial charge < -0.3 is 9.55 Å². The molecular weight excluding hydrogens is 535 g/mol. The van der Waals surface area contributed by atoms with E-state index in [1.54, 1.807) is 30.3 Å². The molecule has 3 heterocycles. The van der Waals surface area contributed by atoms with Crippen LogP contribution in [0.5, 0.6) is 0 Å². The zero-order valence-electron chi connectivity index (χ0n) is 17.7. The van der Waals surface area contributed by atoms with E-state index >= 15 is 0 Å². The van der Waals surface area contributed by atoms with Gasteiger partial charge in [0.15, 0.2) is 0 Å². The van der Waals surface area contributed by atoms with E-state index in [9.17, 15) is 22.8 Å². The first-order valence-electron chi connectivity index (χ1n) is 9.93. The molecule has 0 aliphatic rings. The number of thiophene rings is 1. The Morgan fingerprint density at radius 1 is 1.03 bits per heavy atom. The third-order valence-corrected chi connectivity index (χ3v) is 8.71. The maximum absolute atomic E-state index is 13.4. The van der Waals surface area contributed by atoms with Crippen LogP contribution in [0.1, 0.15) is 10.5 Å². The maximum Gasteiger partial charge on any atom is 0.333 e. The number of amides is 1. The van der Waals surface area contributed by atoms with Crippen molar-refractivity contribution in [1.29, 1.82) is 0 Å². The monoisotopic (exact) mass is 548 g/mol. The molecule has 0 fully saturated rings. The van der Waals surface area contributed by atoms with Gasteiger partial charge in [-0.15, -0.1) is 11.3 Å². The van der Waals surface area contributed by atoms with Gasteiger partial charge in [0, 0.05) is 17.5 Å². The summed E-state index contributed by atoms with van der Waals surface area (Å²) in [6.45, 7) is 0. The molecule has 0 radical (unpaired) electrons. The predicted octanol–water partition coefficient (Wildman–Crippen LogP) is 3.66. The summed E-state index contributed by atoms with van der Waals surface area (Å²) in [6.07, 6.45) is 0. The first-order chi connectivity index (χ1) is 16.6. The molecule has 0 unspecified atom stereocenters. The van der Waals surface area contributed by atoms with Gasteiger partial charge in [-0.3, -0.25) is 9.59 Å². The zero-order chi connectivity index (χ0) is 25.1. The van der Waals surface area contributed by atoms with Crippen molar-refractivity contribution in [2.24, 2.45) is 7.05 Å². The molecule has 0 atom stereocenters. The Balaban J connectivity index is 1.81. The number of benzene rings is 2. The lowest BCUT2D eigenvalue weighted by Gasteiger charge is -2.11. The van der Waals surface area contributed by atoms with Crippen molar-refractivity contribution in [3.05, 3.63) is 90.5 Å². The molecule has 5 rings (SSSR count). The molecule has 3 aromatic heterocycles. The molecule has 0 saturated carbocycles. The summed E-state index contributed by atoms with van der Waals surface area (Å²) >= 11 is 12.8. The standard InChI is InChI=1S/C22H14Cl2N4O5S2/c1-27-15-7-6-11(23)10-13(15)18(28-21(30)12-4-2-3-5-14(12)25-22(28)31)19(27)20(29)26-35(32,33)17-9-8-16(24)34-17/h2-10H,1H3,(H,25,31)(H,26,29). The number of aryl methyl sites for hydroxylation is 1. The van der Waals surface area contributed by atoms with Crippen molar-refractivity contribution in [2.75, 3.05) is 0 Å². The Morgan fingerprint density at radius 2 is 1.77 bits per heavy atom. The third-order valence-electron chi connectivity index (χ3n) is 5.42. The molecule has 0 bridgehead atoms. The number of hydrogen-bond acceptors (Lipinski definition) is 6. The lowest BCUT2D eigenvalue weighted by molar-refractivity contribution is 0.0974. The van der Waals surface area contributed by atoms with Crippen LogP contribution in [0.15, 0.2) is 68.4 Å². The van der Waals surface area contributed by atoms with Crippen LogP contribution in [0.2, 0.25) is 9.36 Å². The highest BCUT2D eigenvalue weighted by Gasteiger charge is 2.29. The second-order valence-corrected chi connectivity index (χ2v) is 11.6. The normalized spacial score (nSPS) is 11.9. The number of aromatic amines is 1. The maximum atomic E-state index is 13.4. The third kappa shape index (κ3) is 3.86. The highest BCUT2D eigenvalue weighted by Crippen LogP contribution is 2.31. The van der Waals surface area contributed by atoms with Gasteiger partial charge in [0.1, 0.15) is 9.90 Å². The zero-order valence-corrected chi connectivity index (χ0v) is 20.8. The van der Waals surface area contributed by atoms with Crippen LogP contribution >= 0.6 is 34.5 Å². The van der Waals surface area contributed by atoms with Gasteiger partial charge in [0.2, 0.25) is 0 Å². The molecule has 178 valence electrons. The molecule has 9 nitrogen and oxygen atoms in total. The molecule has 0 aliphatic heterocycles. The van der Waals surface area contributed by atoms with Crippen LogP contribution in [0, 0.1) is 0 Å². The predicted molar refractivity (Wildman–Crippen MR) is 136 cm³/mol. The Labute approximate surface area is 211 Å². The molecule has 2 N–H and O–H groups in total. The number of nitrogens with zero attached hydrogens (tertiary/aromatic N) is 2. The molecule has 0 spiro atoms. The second-order valence-electron chi connectivity index (χ2n) is 7.53. The largest absolute Gasteiger partial charge is 0.338 e. The summed E-state index contributed by atoms with van der Waals surface area (Å²) < 4.78 is 29.9. The van der Waals surface area contributed by atoms with Crippen LogP contribution in [0.25, 0.3) is 27.5 Å². The van der Waals surface area contributed by atoms with E-state index in [0.29, 0.717) is 21.4 Å². The highest BCUT2D eigenvalue weighted by molar-refractivity contribution is 7.92. The summed E-state index contributed by atoms with van der Waals surface area (Å²) in [7, 11) is -2.76. The van der Waals surface area contributed by atoms with Gasteiger partial charge in [0.05, 0.1) is 26.4 Å². The number of fused-ring (bicyclic) bond motifs is 2. The number of para-hydroxylation sites is 1. The van der Waals surface area contributed by atoms with E-state index in [0.717, 1.165) is 15.9 Å². The van der Waals surface area contributed by atoms with E-state index < -0.39 is 27.2 Å². The van der Waals surface area contributed by atoms with Gasteiger partial charge in [-0.05, 0) is 42.5 Å². The summed E-state index contributed by atoms with van der Waals surface area (Å²) in [5.74, 6) is -1.04. The summed E-state index contributed by atoms with van der Waals surface area (Å²) in [6, 6.07) is 13.8. The minimum atomic E-state index is -4.28. The fourth-order valence-corrected chi connectivity index (χ4v) is 6.52. The first kappa shape index (κ1) is 23.4. The van der Waals surface area contributed by atoms with Crippen molar-refractivity contribution >= 4 is 72.3 Å². The number of carbonyl (C=O) groups is 1. The first-order valence-corrected chi connectivity index (χ1v) is 13.0. The van der Waals surface area contributed by atoms with Crippen LogP contribution in [-0.4, -0.2) is 28.4 Å². The number of hydrogen-bond donors (Lipinski definition) is 2. The van der Waals surface area contributed by atoms with Gasteiger partial charge >= 0.3 is 5.69 Å². The summed E-state index contributed by atoms with van der Waals surface area (Å²) in [5.41, 5.74) is -1.04. The summed E-state index contributed by atoms with van der Waals surface area (Å²) in [5, 5.41) is 0.811. The molecule has 13 heteroatoms. The molecule has 2 aromatic carbocycles. The molecule has 0 aliphatic carbocycles. The average molecular weight is 549 g/mol. The van der Waals surface area contributed by atoms with E-state index in [2.05, 4.69) is 4.98 Å². The lowest BCUT2D eigenvalue weighted by atomic mass is 10.2. The highest BCUT2D eigenvalue weighted by atomic mass is 35.5. The van der Waals surface area contributed by atoms with Crippen molar-refractivity contribution in [1.82, 2.24) is 18.8 Å². The Morgan fingerprint density at radius 3 is 2.49 bits per heavy atom. The topological polar surface area (TPSA) is 123 Å². The quantitative estimate of drug-likeness (QED) is 0.354. The number of rotatable bonds is 4. The SMILES string of the molecule is Cn1c(C(=O)NS(=O)(=O)c2ccc(Cl)s2)c(-n2c(=O)[nH]c3ccccc3c2=O)c2cc(Cl)ccc21. The number of H-pyrrole nitrogens is 1. The smallest absolute Gasteiger partial charge is 0.333 e. The molecule has 5 aromatic rings. The second kappa shape index (κ2) is 8.38. The number of sulfonamides is 1. The van der Waals surface area contributed by atoms with E-state index in [1.807, 2.05) is 4.72 Å². The van der Waals surface area contributed by atoms with Crippen LogP contribution in [0.3, 0.4) is 0 Å². The van der Waals surface area contributed by atoms with Crippen molar-refractivity contribution < 1.29 is 13.2 Å². The molecule has 1 amide bonds. The van der Waals surface area contributed by atoms with E-state index in [-0.39, 0.29) is 25.3 Å². The van der Waals surface area contributed by atoms with Crippen LogP contribution < -0.4 is 16.0 Å². The minimum absolute atomic E-state index is 0.0982. The van der Waals surface area contributed by atoms with Gasteiger partial charge in [-0.2, -0.15) is 0 Å². The van der Waals surface area contributed by atoms with E-state index in [4.69, 9.17) is 23.2 Å². The number of nitrogens with one attached hydrogen (secondary N) is 2. The molecule has 0 saturated heterocycles. The lowest BCUT2D eigenvalue weighted by Crippen LogP contribution is -2.37. The Hall–Kier alpha value is -3.38. The van der Waals surface area contributed by atoms with Gasteiger partial charge in [-0.25, -0.2) is 22.5 Å². The Kier molecular flexibility index (Phi) is 5.59. The van der Waals surface area contributed by atoms with Crippen LogP contribution in [-0.2, 0) is 17.1 Å². The molecule has 35 heavy (non-hydrogen) atoms. The minimum Gasteiger partial charge on any atom is -0.338 e. The Bertz CT molecular complexity index is 1900. The van der Waals surface area contributed by atoms with Crippen LogP contribution in [0.4, 0.5) is 0 Å². The van der Waals surface area contributed by atoms with Crippen molar-refractivity contribution in [3.8, 4) is 5.69 Å². The number of halogens is 2. The number of aromatic nitrogens is 3. The fourth-order valence-electron chi connectivity index (χ4n) is 3.91. The summed E-state index contributed by atoms with van der Waals surface area (Å²) in [4.78, 5) is 42.5. The van der Waals surface area contributed by atoms with Crippen molar-refractivity contribution in [2.45, 2.75) is 4.21 Å². The van der Waals surface area contributed by atoms with E-state index in [1.165, 1.54) is 35.9 Å². The average Bonchev–Trinajstić information content (AvgIpc) is 3.35. The van der Waals surface area contributed by atoms with Gasteiger partial charge in [0.25, 0.3) is 21.5 Å². The molecular formula is C22H14Cl2N4O5S2.